The summed E-state index contributed by atoms with van der Waals surface area (Å²) in [7, 11) is 1.96. The van der Waals surface area contributed by atoms with Crippen LogP contribution in [-0.4, -0.2) is 28.2 Å². The highest BCUT2D eigenvalue weighted by Gasteiger charge is 2.04. The van der Waals surface area contributed by atoms with E-state index in [0.717, 1.165) is 35.3 Å². The standard InChI is InChI=1S/C10H13BrN4/c1-12-6-2-3-9-13-14-10-5-4-8(11)7-15(9)10/h4-5,7,12H,2-3,6H2,1H3. The Kier molecular flexibility index (Phi) is 3.33. The zero-order valence-corrected chi connectivity index (χ0v) is 10.2. The van der Waals surface area contributed by atoms with E-state index < -0.39 is 0 Å². The third-order valence-corrected chi connectivity index (χ3v) is 2.73. The zero-order chi connectivity index (χ0) is 10.7. The van der Waals surface area contributed by atoms with E-state index in [1.165, 1.54) is 0 Å². The van der Waals surface area contributed by atoms with Gasteiger partial charge in [-0.05, 0) is 48.1 Å². The first-order valence-electron chi connectivity index (χ1n) is 4.95. The number of fused-ring (bicyclic) bond motifs is 1. The van der Waals surface area contributed by atoms with E-state index in [1.54, 1.807) is 0 Å². The van der Waals surface area contributed by atoms with Crippen LogP contribution in [0.15, 0.2) is 22.8 Å². The highest BCUT2D eigenvalue weighted by atomic mass is 79.9. The van der Waals surface area contributed by atoms with E-state index in [1.807, 2.05) is 29.8 Å². The highest BCUT2D eigenvalue weighted by molar-refractivity contribution is 9.10. The summed E-state index contributed by atoms with van der Waals surface area (Å²) in [6.45, 7) is 1.00. The predicted molar refractivity (Wildman–Crippen MR) is 62.9 cm³/mol. The van der Waals surface area contributed by atoms with Crippen molar-refractivity contribution in [3.63, 3.8) is 0 Å². The number of halogens is 1. The van der Waals surface area contributed by atoms with Gasteiger partial charge in [-0.15, -0.1) is 10.2 Å². The molecule has 2 aromatic heterocycles. The molecule has 0 atom stereocenters. The minimum atomic E-state index is 0.901. The molecule has 15 heavy (non-hydrogen) atoms. The van der Waals surface area contributed by atoms with Crippen molar-refractivity contribution >= 4 is 21.6 Å². The molecule has 0 spiro atoms. The number of aryl methyl sites for hydroxylation is 1. The Hall–Kier alpha value is -0.940. The fourth-order valence-corrected chi connectivity index (χ4v) is 1.84. The maximum Gasteiger partial charge on any atom is 0.160 e. The normalized spacial score (nSPS) is 11.1. The van der Waals surface area contributed by atoms with Crippen LogP contribution >= 0.6 is 15.9 Å². The van der Waals surface area contributed by atoms with E-state index >= 15 is 0 Å². The van der Waals surface area contributed by atoms with Crippen LogP contribution in [0.4, 0.5) is 0 Å². The lowest BCUT2D eigenvalue weighted by Gasteiger charge is -2.00. The highest BCUT2D eigenvalue weighted by Crippen LogP contribution is 2.12. The summed E-state index contributed by atoms with van der Waals surface area (Å²) >= 11 is 3.44. The second kappa shape index (κ2) is 4.72. The van der Waals surface area contributed by atoms with Crippen LogP contribution in [0.1, 0.15) is 12.2 Å². The fraction of sp³-hybridized carbons (Fsp3) is 0.400. The predicted octanol–water partition coefficient (Wildman–Crippen LogP) is 1.64. The summed E-state index contributed by atoms with van der Waals surface area (Å²) in [6.07, 6.45) is 4.02. The topological polar surface area (TPSA) is 42.2 Å². The molecule has 0 aliphatic rings. The molecule has 2 heterocycles. The molecule has 0 radical (unpaired) electrons. The molecule has 0 aromatic carbocycles. The lowest BCUT2D eigenvalue weighted by Crippen LogP contribution is -2.09. The molecule has 0 saturated carbocycles. The molecule has 0 saturated heterocycles. The van der Waals surface area contributed by atoms with E-state index in [0.29, 0.717) is 0 Å². The molecule has 0 unspecified atom stereocenters. The number of hydrogen-bond donors (Lipinski definition) is 1. The smallest absolute Gasteiger partial charge is 0.160 e. The summed E-state index contributed by atoms with van der Waals surface area (Å²) in [5.41, 5.74) is 0.901. The van der Waals surface area contributed by atoms with Crippen LogP contribution in [0.2, 0.25) is 0 Å². The quantitative estimate of drug-likeness (QED) is 0.858. The van der Waals surface area contributed by atoms with Crippen LogP contribution in [0.25, 0.3) is 5.65 Å². The van der Waals surface area contributed by atoms with Gasteiger partial charge in [-0.1, -0.05) is 0 Å². The van der Waals surface area contributed by atoms with Gasteiger partial charge in [0.1, 0.15) is 5.82 Å². The molecule has 4 nitrogen and oxygen atoms in total. The van der Waals surface area contributed by atoms with Crippen LogP contribution in [0.5, 0.6) is 0 Å². The van der Waals surface area contributed by atoms with Gasteiger partial charge in [0.2, 0.25) is 0 Å². The van der Waals surface area contributed by atoms with E-state index in [9.17, 15) is 0 Å². The van der Waals surface area contributed by atoms with Crippen LogP contribution in [0, 0.1) is 0 Å². The van der Waals surface area contributed by atoms with Gasteiger partial charge in [-0.3, -0.25) is 4.40 Å². The van der Waals surface area contributed by atoms with Gasteiger partial charge in [-0.2, -0.15) is 0 Å². The minimum Gasteiger partial charge on any atom is -0.320 e. The van der Waals surface area contributed by atoms with Crippen molar-refractivity contribution in [1.82, 2.24) is 19.9 Å². The summed E-state index contributed by atoms with van der Waals surface area (Å²) in [5.74, 6) is 1.02. The summed E-state index contributed by atoms with van der Waals surface area (Å²) in [6, 6.07) is 3.93. The molecule has 0 aliphatic heterocycles. The molecule has 2 rings (SSSR count). The number of nitrogens with one attached hydrogen (secondary N) is 1. The average molecular weight is 269 g/mol. The van der Waals surface area contributed by atoms with Crippen molar-refractivity contribution in [3.8, 4) is 0 Å². The molecule has 5 heteroatoms. The maximum atomic E-state index is 4.17. The Morgan fingerprint density at radius 2 is 2.27 bits per heavy atom. The molecule has 0 aliphatic carbocycles. The number of pyridine rings is 1. The number of rotatable bonds is 4. The van der Waals surface area contributed by atoms with Crippen LogP contribution in [0.3, 0.4) is 0 Å². The molecule has 0 amide bonds. The first-order valence-corrected chi connectivity index (χ1v) is 5.74. The molecule has 80 valence electrons. The lowest BCUT2D eigenvalue weighted by atomic mass is 10.3. The lowest BCUT2D eigenvalue weighted by molar-refractivity contribution is 0.697. The molecule has 2 aromatic rings. The first kappa shape index (κ1) is 10.6. The summed E-state index contributed by atoms with van der Waals surface area (Å²) in [4.78, 5) is 0. The Balaban J connectivity index is 2.23. The van der Waals surface area contributed by atoms with Crippen molar-refractivity contribution in [1.29, 1.82) is 0 Å². The van der Waals surface area contributed by atoms with Gasteiger partial charge in [0.05, 0.1) is 0 Å². The third-order valence-electron chi connectivity index (χ3n) is 2.26. The summed E-state index contributed by atoms with van der Waals surface area (Å²) < 4.78 is 3.07. The largest absolute Gasteiger partial charge is 0.320 e. The molecular formula is C10H13BrN4. The molecule has 0 bridgehead atoms. The third kappa shape index (κ3) is 2.35. The minimum absolute atomic E-state index is 0.901. The van der Waals surface area contributed by atoms with Gasteiger partial charge >= 0.3 is 0 Å². The number of nitrogens with zero attached hydrogens (tertiary/aromatic N) is 3. The van der Waals surface area contributed by atoms with Crippen molar-refractivity contribution < 1.29 is 0 Å². The number of aromatic nitrogens is 3. The fourth-order valence-electron chi connectivity index (χ4n) is 1.51. The second-order valence-electron chi connectivity index (χ2n) is 3.40. The maximum absolute atomic E-state index is 4.17. The molecule has 0 fully saturated rings. The van der Waals surface area contributed by atoms with E-state index in [2.05, 4.69) is 31.4 Å². The monoisotopic (exact) mass is 268 g/mol. The van der Waals surface area contributed by atoms with Gasteiger partial charge in [-0.25, -0.2) is 0 Å². The summed E-state index contributed by atoms with van der Waals surface area (Å²) in [5, 5.41) is 11.4. The molecular weight excluding hydrogens is 256 g/mol. The zero-order valence-electron chi connectivity index (χ0n) is 8.57. The van der Waals surface area contributed by atoms with Crippen molar-refractivity contribution in [2.45, 2.75) is 12.8 Å². The average Bonchev–Trinajstić information content (AvgIpc) is 2.62. The van der Waals surface area contributed by atoms with Crippen molar-refractivity contribution in [2.24, 2.45) is 0 Å². The van der Waals surface area contributed by atoms with Crippen LogP contribution in [-0.2, 0) is 6.42 Å². The van der Waals surface area contributed by atoms with Gasteiger partial charge in [0, 0.05) is 17.1 Å². The number of hydrogen-bond acceptors (Lipinski definition) is 3. The molecule has 1 N–H and O–H groups in total. The Labute approximate surface area is 96.8 Å². The van der Waals surface area contributed by atoms with Gasteiger partial charge in [0.25, 0.3) is 0 Å². The van der Waals surface area contributed by atoms with Crippen LogP contribution < -0.4 is 5.32 Å². The second-order valence-corrected chi connectivity index (χ2v) is 4.31. The Morgan fingerprint density at radius 1 is 1.40 bits per heavy atom. The Morgan fingerprint density at radius 3 is 3.07 bits per heavy atom. The first-order chi connectivity index (χ1) is 7.31. The van der Waals surface area contributed by atoms with Gasteiger partial charge < -0.3 is 5.32 Å². The van der Waals surface area contributed by atoms with E-state index in [4.69, 9.17) is 0 Å². The van der Waals surface area contributed by atoms with Crippen molar-refractivity contribution in [2.75, 3.05) is 13.6 Å². The van der Waals surface area contributed by atoms with Crippen molar-refractivity contribution in [3.05, 3.63) is 28.6 Å². The SMILES string of the molecule is CNCCCc1nnc2ccc(Br)cn12. The van der Waals surface area contributed by atoms with Gasteiger partial charge in [0.15, 0.2) is 5.65 Å². The Bertz CT molecular complexity index is 452. The van der Waals surface area contributed by atoms with E-state index in [-0.39, 0.29) is 0 Å².